The summed E-state index contributed by atoms with van der Waals surface area (Å²) in [6.45, 7) is 4.80. The van der Waals surface area contributed by atoms with E-state index in [1.54, 1.807) is 0 Å². The van der Waals surface area contributed by atoms with E-state index >= 15 is 0 Å². The minimum Gasteiger partial charge on any atom is -0.311 e. The molecule has 0 aliphatic heterocycles. The van der Waals surface area contributed by atoms with Crippen LogP contribution in [0.2, 0.25) is 0 Å². The molecule has 2 heteroatoms. The molecule has 9 aromatic rings. The number of rotatable bonds is 7. The van der Waals surface area contributed by atoms with Crippen LogP contribution in [0.1, 0.15) is 36.1 Å². The van der Waals surface area contributed by atoms with Crippen molar-refractivity contribution in [2.24, 2.45) is 0 Å². The second-order valence-corrected chi connectivity index (χ2v) is 15.0. The van der Waals surface area contributed by atoms with E-state index in [-0.39, 0.29) is 5.41 Å². The largest absolute Gasteiger partial charge is 0.311 e. The van der Waals surface area contributed by atoms with Crippen LogP contribution in [0.3, 0.4) is 0 Å². The van der Waals surface area contributed by atoms with Crippen LogP contribution < -0.4 is 4.90 Å². The lowest BCUT2D eigenvalue weighted by Crippen LogP contribution is -2.16. The molecule has 0 saturated carbocycles. The molecule has 262 valence electrons. The van der Waals surface area contributed by atoms with Crippen molar-refractivity contribution < 1.29 is 0 Å². The summed E-state index contributed by atoms with van der Waals surface area (Å²) < 4.78 is 2.47. The van der Waals surface area contributed by atoms with E-state index in [1.807, 2.05) is 0 Å². The zero-order chi connectivity index (χ0) is 36.9. The fourth-order valence-corrected chi connectivity index (χ4v) is 8.69. The van der Waals surface area contributed by atoms with E-state index in [0.29, 0.717) is 0 Å². The highest BCUT2D eigenvalue weighted by molar-refractivity contribution is 6.13. The van der Waals surface area contributed by atoms with Gasteiger partial charge in [0.25, 0.3) is 0 Å². The topological polar surface area (TPSA) is 8.17 Å². The summed E-state index contributed by atoms with van der Waals surface area (Å²) in [5, 5.41) is 2.60. The minimum absolute atomic E-state index is 0.182. The second-order valence-electron chi connectivity index (χ2n) is 15.0. The Hall–Kier alpha value is -6.90. The first-order chi connectivity index (χ1) is 27.0. The van der Waals surface area contributed by atoms with E-state index in [4.69, 9.17) is 0 Å². The summed E-state index contributed by atoms with van der Waals surface area (Å²) in [6.07, 6.45) is 4.39. The summed E-state index contributed by atoms with van der Waals surface area (Å²) >= 11 is 0. The number of aromatic nitrogens is 1. The molecule has 8 aromatic carbocycles. The average molecular weight is 705 g/mol. The third-order valence-corrected chi connectivity index (χ3v) is 11.4. The number of anilines is 3. The molecule has 0 amide bonds. The maximum Gasteiger partial charge on any atom is 0.0588 e. The van der Waals surface area contributed by atoms with Crippen LogP contribution >= 0.6 is 0 Å². The van der Waals surface area contributed by atoms with Gasteiger partial charge < -0.3 is 9.47 Å². The first-order valence-electron chi connectivity index (χ1n) is 19.1. The Kier molecular flexibility index (Phi) is 7.85. The normalized spacial score (nSPS) is 13.0. The number of hydrogen-bond donors (Lipinski definition) is 0. The highest BCUT2D eigenvalue weighted by Crippen LogP contribution is 2.53. The van der Waals surface area contributed by atoms with Gasteiger partial charge in [-0.2, -0.15) is 0 Å². The van der Waals surface area contributed by atoms with Crippen molar-refractivity contribution in [2.75, 3.05) is 4.90 Å². The maximum absolute atomic E-state index is 2.47. The molecule has 10 rings (SSSR count). The second kappa shape index (κ2) is 13.2. The lowest BCUT2D eigenvalue weighted by atomic mass is 9.80. The molecule has 0 fully saturated rings. The van der Waals surface area contributed by atoms with Gasteiger partial charge in [0.2, 0.25) is 0 Å². The predicted octanol–water partition coefficient (Wildman–Crippen LogP) is 14.4. The molecule has 0 saturated heterocycles. The number of fused-ring (bicyclic) bond motifs is 7. The van der Waals surface area contributed by atoms with Crippen LogP contribution in [-0.4, -0.2) is 4.57 Å². The maximum atomic E-state index is 2.47. The average Bonchev–Trinajstić information content (AvgIpc) is 3.70. The number of hydrogen-bond acceptors (Lipinski definition) is 1. The first-order valence-corrected chi connectivity index (χ1v) is 19.1. The van der Waals surface area contributed by atoms with Crippen molar-refractivity contribution in [3.8, 4) is 27.9 Å². The van der Waals surface area contributed by atoms with Gasteiger partial charge >= 0.3 is 0 Å². The van der Waals surface area contributed by atoms with Crippen molar-refractivity contribution >= 4 is 51.0 Å². The Morgan fingerprint density at radius 1 is 0.455 bits per heavy atom. The highest BCUT2D eigenvalue weighted by Gasteiger charge is 2.38. The molecule has 0 spiro atoms. The Labute approximate surface area is 322 Å². The Bertz CT molecular complexity index is 2810. The molecule has 0 bridgehead atoms. The molecule has 1 aliphatic rings. The Morgan fingerprint density at radius 2 is 0.982 bits per heavy atom. The molecular weight excluding hydrogens is 665 g/mol. The zero-order valence-electron chi connectivity index (χ0n) is 31.0. The molecule has 2 nitrogen and oxygen atoms in total. The number of nitrogens with zero attached hydrogens (tertiary/aromatic N) is 2. The van der Waals surface area contributed by atoms with Crippen LogP contribution in [0.15, 0.2) is 194 Å². The lowest BCUT2D eigenvalue weighted by molar-refractivity contribution is 0.664. The van der Waals surface area contributed by atoms with Crippen molar-refractivity contribution in [3.63, 3.8) is 0 Å². The third-order valence-electron chi connectivity index (χ3n) is 11.4. The molecule has 0 atom stereocenters. The fourth-order valence-electron chi connectivity index (χ4n) is 8.69. The van der Waals surface area contributed by atoms with Crippen molar-refractivity contribution in [1.82, 2.24) is 4.57 Å². The SMILES string of the molecule is CC1(C)c2cc(-c3ccc(/C=C/c4ccc(N(c5ccccc5)c5ccccc5)cc4)cc3)ccc2-c2ccc3c4ccccc4n(-c4ccccc4)c3c21. The number of benzene rings is 8. The van der Waals surface area contributed by atoms with E-state index in [1.165, 1.54) is 66.4 Å². The lowest BCUT2D eigenvalue weighted by Gasteiger charge is -2.25. The van der Waals surface area contributed by atoms with Gasteiger partial charge in [-0.3, -0.25) is 0 Å². The standard InChI is InChI=1S/C53H40N2/c1-53(2)49-36-40(30-33-45(49)47-34-35-48-46-20-12-13-21-50(46)55(52(48)51(47)53)43-18-10-5-11-19-43)39-28-24-37(25-29-39)22-23-38-26-31-44(32-27-38)54(41-14-6-3-7-15-41)42-16-8-4-9-17-42/h3-36H,1-2H3/b23-22+. The molecule has 1 aromatic heterocycles. The molecular formula is C53H40N2. The summed E-state index contributed by atoms with van der Waals surface area (Å²) in [4.78, 5) is 2.29. The summed E-state index contributed by atoms with van der Waals surface area (Å²) in [6, 6.07) is 70.2. The van der Waals surface area contributed by atoms with Crippen LogP contribution in [-0.2, 0) is 5.41 Å². The van der Waals surface area contributed by atoms with Crippen molar-refractivity contribution in [1.29, 1.82) is 0 Å². The van der Waals surface area contributed by atoms with Crippen molar-refractivity contribution in [2.45, 2.75) is 19.3 Å². The first kappa shape index (κ1) is 32.7. The Morgan fingerprint density at radius 3 is 1.64 bits per heavy atom. The molecule has 0 radical (unpaired) electrons. The molecule has 55 heavy (non-hydrogen) atoms. The van der Waals surface area contributed by atoms with E-state index in [2.05, 4.69) is 230 Å². The van der Waals surface area contributed by atoms with Crippen molar-refractivity contribution in [3.05, 3.63) is 216 Å². The van der Waals surface area contributed by atoms with Gasteiger partial charge in [0.05, 0.1) is 11.0 Å². The van der Waals surface area contributed by atoms with E-state index < -0.39 is 0 Å². The molecule has 1 aliphatic carbocycles. The van der Waals surface area contributed by atoms with Gasteiger partial charge in [0.1, 0.15) is 0 Å². The van der Waals surface area contributed by atoms with Gasteiger partial charge in [-0.05, 0) is 105 Å². The summed E-state index contributed by atoms with van der Waals surface area (Å²) in [5.74, 6) is 0. The monoisotopic (exact) mass is 704 g/mol. The van der Waals surface area contributed by atoms with Gasteiger partial charge in [0, 0.05) is 38.9 Å². The van der Waals surface area contributed by atoms with Gasteiger partial charge in [-0.15, -0.1) is 0 Å². The summed E-state index contributed by atoms with van der Waals surface area (Å²) in [5.41, 5.74) is 17.2. The van der Waals surface area contributed by atoms with Crippen LogP contribution in [0.25, 0.3) is 61.9 Å². The number of para-hydroxylation sites is 4. The van der Waals surface area contributed by atoms with Crippen LogP contribution in [0.5, 0.6) is 0 Å². The highest BCUT2D eigenvalue weighted by atomic mass is 15.1. The third kappa shape index (κ3) is 5.57. The predicted molar refractivity (Wildman–Crippen MR) is 234 cm³/mol. The molecule has 0 unspecified atom stereocenters. The van der Waals surface area contributed by atoms with Gasteiger partial charge in [-0.25, -0.2) is 0 Å². The van der Waals surface area contributed by atoms with Gasteiger partial charge in [0.15, 0.2) is 0 Å². The van der Waals surface area contributed by atoms with Gasteiger partial charge in [-0.1, -0.05) is 159 Å². The molecule has 0 N–H and O–H groups in total. The van der Waals surface area contributed by atoms with Crippen LogP contribution in [0, 0.1) is 0 Å². The zero-order valence-corrected chi connectivity index (χ0v) is 31.0. The molecule has 1 heterocycles. The minimum atomic E-state index is -0.182. The van der Waals surface area contributed by atoms with Crippen LogP contribution in [0.4, 0.5) is 17.1 Å². The summed E-state index contributed by atoms with van der Waals surface area (Å²) in [7, 11) is 0. The smallest absolute Gasteiger partial charge is 0.0588 e. The Balaban J connectivity index is 0.938. The van der Waals surface area contributed by atoms with E-state index in [9.17, 15) is 0 Å². The van der Waals surface area contributed by atoms with E-state index in [0.717, 1.165) is 22.6 Å². The fraction of sp³-hybridized carbons (Fsp3) is 0.0566. The quantitative estimate of drug-likeness (QED) is 0.150.